The van der Waals surface area contributed by atoms with Crippen LogP contribution in [0.25, 0.3) is 0 Å². The van der Waals surface area contributed by atoms with Gasteiger partial charge in [-0.15, -0.1) is 10.2 Å². The standard InChI is InChI=1S/C16H11BrF3N5O2/c17-14-7-13(4-5-15(14)25(26)27)24(23-9-21-22-10-23)8-11-2-1-3-12(6-11)16(18,19)20/h1-7,9-10H,8H2. The number of aromatic nitrogens is 3. The second-order valence-electron chi connectivity index (χ2n) is 5.49. The Hall–Kier alpha value is -2.95. The third-order valence-electron chi connectivity index (χ3n) is 3.70. The fourth-order valence-corrected chi connectivity index (χ4v) is 2.96. The van der Waals surface area contributed by atoms with Crippen LogP contribution in [-0.4, -0.2) is 19.8 Å². The third-order valence-corrected chi connectivity index (χ3v) is 4.33. The largest absolute Gasteiger partial charge is 0.416 e. The maximum atomic E-state index is 13.0. The van der Waals surface area contributed by atoms with E-state index in [0.717, 1.165) is 12.1 Å². The highest BCUT2D eigenvalue weighted by molar-refractivity contribution is 9.10. The summed E-state index contributed by atoms with van der Waals surface area (Å²) in [7, 11) is 0. The molecule has 0 N–H and O–H groups in total. The summed E-state index contributed by atoms with van der Waals surface area (Å²) in [4.78, 5) is 10.4. The molecule has 0 unspecified atom stereocenters. The molecular formula is C16H11BrF3N5O2. The predicted octanol–water partition coefficient (Wildman–Crippen LogP) is 4.44. The van der Waals surface area contributed by atoms with Gasteiger partial charge in [0, 0.05) is 6.07 Å². The fraction of sp³-hybridized carbons (Fsp3) is 0.125. The molecule has 11 heteroatoms. The minimum Gasteiger partial charge on any atom is -0.274 e. The van der Waals surface area contributed by atoms with Gasteiger partial charge in [0.15, 0.2) is 0 Å². The molecule has 140 valence electrons. The van der Waals surface area contributed by atoms with Crippen LogP contribution < -0.4 is 5.01 Å². The molecule has 0 saturated heterocycles. The Bertz CT molecular complexity index is 963. The van der Waals surface area contributed by atoms with Gasteiger partial charge in [0.05, 0.1) is 27.2 Å². The van der Waals surface area contributed by atoms with Crippen LogP contribution in [0.1, 0.15) is 11.1 Å². The number of halogens is 4. The van der Waals surface area contributed by atoms with Gasteiger partial charge < -0.3 is 0 Å². The molecule has 3 aromatic rings. The van der Waals surface area contributed by atoms with Crippen molar-refractivity contribution in [2.45, 2.75) is 12.7 Å². The Balaban J connectivity index is 1.99. The van der Waals surface area contributed by atoms with Crippen molar-refractivity contribution in [3.63, 3.8) is 0 Å². The van der Waals surface area contributed by atoms with Crippen molar-refractivity contribution in [3.8, 4) is 0 Å². The number of alkyl halides is 3. The van der Waals surface area contributed by atoms with Gasteiger partial charge in [-0.1, -0.05) is 12.1 Å². The van der Waals surface area contributed by atoms with Gasteiger partial charge in [0.1, 0.15) is 12.7 Å². The number of nitro benzene ring substituents is 1. The first-order valence-corrected chi connectivity index (χ1v) is 8.27. The lowest BCUT2D eigenvalue weighted by Crippen LogP contribution is -2.28. The van der Waals surface area contributed by atoms with E-state index in [4.69, 9.17) is 0 Å². The van der Waals surface area contributed by atoms with Gasteiger partial charge >= 0.3 is 6.18 Å². The lowest BCUT2D eigenvalue weighted by molar-refractivity contribution is -0.385. The molecule has 0 aliphatic rings. The zero-order valence-corrected chi connectivity index (χ0v) is 15.1. The molecule has 0 saturated carbocycles. The van der Waals surface area contributed by atoms with Crippen LogP contribution in [0, 0.1) is 10.1 Å². The molecular weight excluding hydrogens is 431 g/mol. The lowest BCUT2D eigenvalue weighted by atomic mass is 10.1. The summed E-state index contributed by atoms with van der Waals surface area (Å²) in [6.07, 6.45) is -1.69. The number of nitrogens with zero attached hydrogens (tertiary/aromatic N) is 5. The van der Waals surface area contributed by atoms with Crippen LogP contribution in [0.5, 0.6) is 0 Å². The Morgan fingerprint density at radius 1 is 1.15 bits per heavy atom. The van der Waals surface area contributed by atoms with Crippen LogP contribution in [0.2, 0.25) is 0 Å². The van der Waals surface area contributed by atoms with Crippen molar-refractivity contribution in [1.82, 2.24) is 14.9 Å². The van der Waals surface area contributed by atoms with Crippen molar-refractivity contribution >= 4 is 27.3 Å². The normalized spacial score (nSPS) is 11.4. The molecule has 0 fully saturated rings. The van der Waals surface area contributed by atoms with E-state index in [-0.39, 0.29) is 16.7 Å². The van der Waals surface area contributed by atoms with E-state index in [2.05, 4.69) is 26.1 Å². The molecule has 1 heterocycles. The SMILES string of the molecule is O=[N+]([O-])c1ccc(N(Cc2cccc(C(F)(F)F)c2)n2cnnc2)cc1Br. The van der Waals surface area contributed by atoms with Crippen molar-refractivity contribution in [1.29, 1.82) is 0 Å². The number of nitro groups is 1. The average Bonchev–Trinajstić information content (AvgIpc) is 3.13. The Kier molecular flexibility index (Phi) is 5.13. The number of benzene rings is 2. The molecule has 0 aliphatic carbocycles. The first-order chi connectivity index (χ1) is 12.8. The summed E-state index contributed by atoms with van der Waals surface area (Å²) in [5.41, 5.74) is 0.0211. The zero-order chi connectivity index (χ0) is 19.6. The summed E-state index contributed by atoms with van der Waals surface area (Å²) in [6, 6.07) is 9.25. The lowest BCUT2D eigenvalue weighted by Gasteiger charge is -2.25. The smallest absolute Gasteiger partial charge is 0.274 e. The van der Waals surface area contributed by atoms with Crippen LogP contribution in [0.3, 0.4) is 0 Å². The van der Waals surface area contributed by atoms with E-state index in [1.807, 2.05) is 0 Å². The highest BCUT2D eigenvalue weighted by Gasteiger charge is 2.30. The number of rotatable bonds is 5. The molecule has 0 radical (unpaired) electrons. The van der Waals surface area contributed by atoms with Gasteiger partial charge in [-0.05, 0) is 45.8 Å². The molecule has 0 aliphatic heterocycles. The quantitative estimate of drug-likeness (QED) is 0.432. The van der Waals surface area contributed by atoms with Crippen LogP contribution >= 0.6 is 15.9 Å². The van der Waals surface area contributed by atoms with E-state index in [0.29, 0.717) is 11.3 Å². The maximum absolute atomic E-state index is 13.0. The minimum absolute atomic E-state index is 0.0617. The number of hydrogen-bond acceptors (Lipinski definition) is 5. The molecule has 0 spiro atoms. The van der Waals surface area contributed by atoms with Gasteiger partial charge in [0.2, 0.25) is 0 Å². The molecule has 27 heavy (non-hydrogen) atoms. The number of hydrogen-bond donors (Lipinski definition) is 0. The van der Waals surface area contributed by atoms with Crippen molar-refractivity contribution in [3.05, 3.63) is 80.8 Å². The van der Waals surface area contributed by atoms with E-state index in [9.17, 15) is 23.3 Å². The van der Waals surface area contributed by atoms with Crippen LogP contribution in [0.15, 0.2) is 59.6 Å². The second kappa shape index (κ2) is 7.35. The van der Waals surface area contributed by atoms with Crippen molar-refractivity contribution < 1.29 is 18.1 Å². The minimum atomic E-state index is -4.45. The Morgan fingerprint density at radius 2 is 1.85 bits per heavy atom. The van der Waals surface area contributed by atoms with E-state index < -0.39 is 16.7 Å². The average molecular weight is 442 g/mol. The van der Waals surface area contributed by atoms with Gasteiger partial charge in [-0.2, -0.15) is 13.2 Å². The van der Waals surface area contributed by atoms with Crippen molar-refractivity contribution in [2.75, 3.05) is 5.01 Å². The molecule has 2 aromatic carbocycles. The van der Waals surface area contributed by atoms with E-state index in [1.54, 1.807) is 11.1 Å². The van der Waals surface area contributed by atoms with E-state index >= 15 is 0 Å². The third kappa shape index (κ3) is 4.25. The second-order valence-corrected chi connectivity index (χ2v) is 6.34. The maximum Gasteiger partial charge on any atom is 0.416 e. The van der Waals surface area contributed by atoms with Gasteiger partial charge in [-0.3, -0.25) is 15.1 Å². The highest BCUT2D eigenvalue weighted by atomic mass is 79.9. The first kappa shape index (κ1) is 18.8. The summed E-state index contributed by atoms with van der Waals surface area (Å²) in [5.74, 6) is 0. The summed E-state index contributed by atoms with van der Waals surface area (Å²) < 4.78 is 40.6. The monoisotopic (exact) mass is 441 g/mol. The molecule has 0 bridgehead atoms. The van der Waals surface area contributed by atoms with E-state index in [1.165, 1.54) is 41.6 Å². The van der Waals surface area contributed by atoms with Crippen LogP contribution in [0.4, 0.5) is 24.5 Å². The molecule has 0 amide bonds. The molecule has 7 nitrogen and oxygen atoms in total. The van der Waals surface area contributed by atoms with Gasteiger partial charge in [-0.25, -0.2) is 4.68 Å². The molecule has 0 atom stereocenters. The molecule has 3 rings (SSSR count). The predicted molar refractivity (Wildman–Crippen MR) is 93.8 cm³/mol. The highest BCUT2D eigenvalue weighted by Crippen LogP contribution is 2.32. The Labute approximate surface area is 159 Å². The van der Waals surface area contributed by atoms with Gasteiger partial charge in [0.25, 0.3) is 5.69 Å². The van der Waals surface area contributed by atoms with Crippen molar-refractivity contribution in [2.24, 2.45) is 0 Å². The fourth-order valence-electron chi connectivity index (χ4n) is 2.45. The summed E-state index contributed by atoms with van der Waals surface area (Å²) >= 11 is 3.14. The summed E-state index contributed by atoms with van der Waals surface area (Å²) in [6.45, 7) is 0.0617. The first-order valence-electron chi connectivity index (χ1n) is 7.48. The zero-order valence-electron chi connectivity index (χ0n) is 13.5. The Morgan fingerprint density at radius 3 is 2.44 bits per heavy atom. The number of anilines is 1. The topological polar surface area (TPSA) is 77.1 Å². The molecule has 1 aromatic heterocycles. The summed E-state index contributed by atoms with van der Waals surface area (Å²) in [5, 5.41) is 20.0. The van der Waals surface area contributed by atoms with Crippen LogP contribution in [-0.2, 0) is 12.7 Å².